The Bertz CT molecular complexity index is 655. The van der Waals surface area contributed by atoms with E-state index in [2.05, 4.69) is 9.62 Å². The Balaban J connectivity index is 1.91. The van der Waals surface area contributed by atoms with Gasteiger partial charge in [0.2, 0.25) is 10.0 Å². The molecule has 1 heterocycles. The van der Waals surface area contributed by atoms with Crippen LogP contribution in [0.15, 0.2) is 18.2 Å². The van der Waals surface area contributed by atoms with E-state index in [4.69, 9.17) is 9.84 Å². The van der Waals surface area contributed by atoms with Gasteiger partial charge in [-0.2, -0.15) is 0 Å². The van der Waals surface area contributed by atoms with Crippen LogP contribution in [0.2, 0.25) is 0 Å². The first-order chi connectivity index (χ1) is 10.9. The largest absolute Gasteiger partial charge is 0.508 e. The van der Waals surface area contributed by atoms with Gasteiger partial charge in [-0.3, -0.25) is 9.62 Å². The molecule has 0 aromatic heterocycles. The number of nitrogens with zero attached hydrogens (tertiary/aromatic N) is 1. The van der Waals surface area contributed by atoms with E-state index in [1.807, 2.05) is 0 Å². The molecular weight excluding hydrogens is 324 g/mol. The molecule has 0 spiro atoms. The van der Waals surface area contributed by atoms with Gasteiger partial charge in [0.25, 0.3) is 0 Å². The molecule has 0 bridgehead atoms. The van der Waals surface area contributed by atoms with Gasteiger partial charge in [-0.1, -0.05) is 0 Å². The molecule has 0 aliphatic carbocycles. The summed E-state index contributed by atoms with van der Waals surface area (Å²) in [6.45, 7) is 3.56. The summed E-state index contributed by atoms with van der Waals surface area (Å²) in [6.07, 6.45) is 0.458. The van der Waals surface area contributed by atoms with Crippen molar-refractivity contribution in [3.8, 4) is 5.75 Å². The molecule has 1 fully saturated rings. The highest BCUT2D eigenvalue weighted by atomic mass is 32.2. The predicted octanol–water partition coefficient (Wildman–Crippen LogP) is 0.554. The van der Waals surface area contributed by atoms with Crippen molar-refractivity contribution in [1.82, 2.24) is 4.90 Å². The molecular formula is C14H20N2O6S. The number of carboxylic acid groups (broad SMARTS) is 1. The second kappa shape index (κ2) is 7.62. The topological polar surface area (TPSA) is 116 Å². The fourth-order valence-corrected chi connectivity index (χ4v) is 3.42. The quantitative estimate of drug-likeness (QED) is 0.661. The van der Waals surface area contributed by atoms with Crippen LogP contribution in [0.5, 0.6) is 5.75 Å². The molecule has 8 nitrogen and oxygen atoms in total. The van der Waals surface area contributed by atoms with E-state index >= 15 is 0 Å². The number of carboxylic acids is 1. The lowest BCUT2D eigenvalue weighted by molar-refractivity contribution is 0.0381. The van der Waals surface area contributed by atoms with Crippen molar-refractivity contribution in [3.05, 3.63) is 23.8 Å². The van der Waals surface area contributed by atoms with Gasteiger partial charge in [-0.25, -0.2) is 13.2 Å². The fourth-order valence-electron chi connectivity index (χ4n) is 2.33. The third kappa shape index (κ3) is 5.70. The van der Waals surface area contributed by atoms with Crippen molar-refractivity contribution < 1.29 is 28.2 Å². The molecule has 0 atom stereocenters. The number of rotatable bonds is 7. The van der Waals surface area contributed by atoms with E-state index in [-0.39, 0.29) is 22.8 Å². The minimum Gasteiger partial charge on any atom is -0.508 e. The van der Waals surface area contributed by atoms with Crippen LogP contribution in [-0.4, -0.2) is 68.1 Å². The summed E-state index contributed by atoms with van der Waals surface area (Å²) < 4.78 is 31.6. The zero-order chi connectivity index (χ0) is 16.9. The number of hydrogen-bond donors (Lipinski definition) is 3. The molecule has 2 rings (SSSR count). The number of aromatic hydroxyl groups is 1. The van der Waals surface area contributed by atoms with E-state index in [1.165, 1.54) is 12.1 Å². The van der Waals surface area contributed by atoms with E-state index in [0.717, 1.165) is 19.2 Å². The van der Waals surface area contributed by atoms with Crippen LogP contribution in [0, 0.1) is 0 Å². The minimum absolute atomic E-state index is 0.0359. The SMILES string of the molecule is O=C(O)c1cc(O)cc(NS(=O)(=O)CCCN2CCOCC2)c1. The van der Waals surface area contributed by atoms with Crippen molar-refractivity contribution in [3.63, 3.8) is 0 Å². The summed E-state index contributed by atoms with van der Waals surface area (Å²) in [4.78, 5) is 13.0. The summed E-state index contributed by atoms with van der Waals surface area (Å²) in [5.74, 6) is -1.63. The van der Waals surface area contributed by atoms with E-state index in [1.54, 1.807) is 0 Å². The number of carbonyl (C=O) groups is 1. The van der Waals surface area contributed by atoms with Crippen molar-refractivity contribution >= 4 is 21.7 Å². The van der Waals surface area contributed by atoms with Gasteiger partial charge in [0.1, 0.15) is 5.75 Å². The molecule has 0 radical (unpaired) electrons. The summed E-state index contributed by atoms with van der Waals surface area (Å²) in [5, 5.41) is 18.4. The number of morpholine rings is 1. The van der Waals surface area contributed by atoms with Gasteiger partial charge in [0.05, 0.1) is 30.2 Å². The molecule has 1 aromatic rings. The Kier molecular flexibility index (Phi) is 5.80. The predicted molar refractivity (Wildman–Crippen MR) is 84.4 cm³/mol. The number of anilines is 1. The summed E-state index contributed by atoms with van der Waals surface area (Å²) in [7, 11) is -3.61. The van der Waals surface area contributed by atoms with Gasteiger partial charge in [0.15, 0.2) is 0 Å². The van der Waals surface area contributed by atoms with Crippen LogP contribution in [0.4, 0.5) is 5.69 Å². The van der Waals surface area contributed by atoms with Crippen LogP contribution >= 0.6 is 0 Å². The zero-order valence-corrected chi connectivity index (χ0v) is 13.4. The van der Waals surface area contributed by atoms with Crippen LogP contribution < -0.4 is 4.72 Å². The van der Waals surface area contributed by atoms with Gasteiger partial charge < -0.3 is 14.9 Å². The lowest BCUT2D eigenvalue weighted by Gasteiger charge is -2.26. The molecule has 1 saturated heterocycles. The molecule has 1 aliphatic heterocycles. The third-order valence-corrected chi connectivity index (χ3v) is 4.80. The van der Waals surface area contributed by atoms with Gasteiger partial charge >= 0.3 is 5.97 Å². The van der Waals surface area contributed by atoms with Crippen molar-refractivity contribution in [2.45, 2.75) is 6.42 Å². The Labute approximate surface area is 134 Å². The number of benzene rings is 1. The van der Waals surface area contributed by atoms with Gasteiger partial charge in [0, 0.05) is 19.2 Å². The standard InChI is InChI=1S/C14H20N2O6S/c17-13-9-11(14(18)19)8-12(10-13)15-23(20,21)7-1-2-16-3-5-22-6-4-16/h8-10,15,17H,1-7H2,(H,18,19). The monoisotopic (exact) mass is 344 g/mol. The van der Waals surface area contributed by atoms with E-state index in [0.29, 0.717) is 26.2 Å². The molecule has 1 aliphatic rings. The number of hydrogen-bond acceptors (Lipinski definition) is 6. The number of nitrogens with one attached hydrogen (secondary N) is 1. The third-order valence-electron chi connectivity index (χ3n) is 3.43. The minimum atomic E-state index is -3.61. The Morgan fingerprint density at radius 3 is 2.61 bits per heavy atom. The summed E-state index contributed by atoms with van der Waals surface area (Å²) >= 11 is 0. The van der Waals surface area contributed by atoms with Crippen molar-refractivity contribution in [2.24, 2.45) is 0 Å². The van der Waals surface area contributed by atoms with E-state index in [9.17, 15) is 18.3 Å². The Morgan fingerprint density at radius 1 is 1.26 bits per heavy atom. The molecule has 128 valence electrons. The number of aromatic carboxylic acids is 1. The first-order valence-corrected chi connectivity index (χ1v) is 8.89. The van der Waals surface area contributed by atoms with Crippen LogP contribution in [0.25, 0.3) is 0 Å². The van der Waals surface area contributed by atoms with Crippen LogP contribution in [-0.2, 0) is 14.8 Å². The van der Waals surface area contributed by atoms with Crippen molar-refractivity contribution in [1.29, 1.82) is 0 Å². The second-order valence-electron chi connectivity index (χ2n) is 5.30. The maximum absolute atomic E-state index is 12.1. The number of phenols is 1. The Morgan fingerprint density at radius 2 is 1.96 bits per heavy atom. The fraction of sp³-hybridized carbons (Fsp3) is 0.500. The normalized spacial score (nSPS) is 16.2. The summed E-state index contributed by atoms with van der Waals surface area (Å²) in [5.41, 5.74) is -0.148. The molecule has 3 N–H and O–H groups in total. The maximum Gasteiger partial charge on any atom is 0.335 e. The molecule has 1 aromatic carbocycles. The molecule has 0 saturated carbocycles. The first-order valence-electron chi connectivity index (χ1n) is 7.24. The highest BCUT2D eigenvalue weighted by Gasteiger charge is 2.15. The second-order valence-corrected chi connectivity index (χ2v) is 7.14. The average Bonchev–Trinajstić information content (AvgIpc) is 2.47. The maximum atomic E-state index is 12.1. The van der Waals surface area contributed by atoms with E-state index < -0.39 is 16.0 Å². The smallest absolute Gasteiger partial charge is 0.335 e. The van der Waals surface area contributed by atoms with Crippen molar-refractivity contribution in [2.75, 3.05) is 43.3 Å². The average molecular weight is 344 g/mol. The number of phenolic OH excluding ortho intramolecular Hbond substituents is 1. The zero-order valence-electron chi connectivity index (χ0n) is 12.6. The summed E-state index contributed by atoms with van der Waals surface area (Å²) in [6, 6.07) is 3.39. The molecule has 0 amide bonds. The molecule has 23 heavy (non-hydrogen) atoms. The van der Waals surface area contributed by atoms with Crippen LogP contribution in [0.3, 0.4) is 0 Å². The van der Waals surface area contributed by atoms with Gasteiger partial charge in [-0.15, -0.1) is 0 Å². The molecule has 9 heteroatoms. The van der Waals surface area contributed by atoms with Gasteiger partial charge in [-0.05, 0) is 25.1 Å². The molecule has 0 unspecified atom stereocenters. The Hall–Kier alpha value is -1.84. The number of sulfonamides is 1. The lowest BCUT2D eigenvalue weighted by Crippen LogP contribution is -2.37. The number of ether oxygens (including phenoxy) is 1. The van der Waals surface area contributed by atoms with Crippen LogP contribution in [0.1, 0.15) is 16.8 Å². The lowest BCUT2D eigenvalue weighted by atomic mass is 10.2. The highest BCUT2D eigenvalue weighted by molar-refractivity contribution is 7.92. The first kappa shape index (κ1) is 17.5. The highest BCUT2D eigenvalue weighted by Crippen LogP contribution is 2.21.